The van der Waals surface area contributed by atoms with Crippen molar-refractivity contribution in [2.45, 2.75) is 18.8 Å². The van der Waals surface area contributed by atoms with Gasteiger partial charge in [-0.3, -0.25) is 9.59 Å². The van der Waals surface area contributed by atoms with Gasteiger partial charge < -0.3 is 14.0 Å². The second-order valence-corrected chi connectivity index (χ2v) is 9.38. The van der Waals surface area contributed by atoms with Gasteiger partial charge in [-0.2, -0.15) is 0 Å². The fourth-order valence-electron chi connectivity index (χ4n) is 5.95. The monoisotopic (exact) mass is 411 g/mol. The maximum atomic E-state index is 13.6. The number of pyridine rings is 1. The SMILES string of the molecule is Cc1cn(C)c(=O)c2c(C(=O)N3CC4CC4(c4cccc5ccccc45)C3)cn(C)c12. The Kier molecular flexibility index (Phi) is 3.62. The second-order valence-electron chi connectivity index (χ2n) is 9.38. The van der Waals surface area contributed by atoms with Crippen molar-refractivity contribution in [1.82, 2.24) is 14.0 Å². The summed E-state index contributed by atoms with van der Waals surface area (Å²) in [5.74, 6) is 0.460. The van der Waals surface area contributed by atoms with Crippen LogP contribution in [-0.4, -0.2) is 33.0 Å². The number of benzene rings is 2. The molecule has 6 rings (SSSR count). The summed E-state index contributed by atoms with van der Waals surface area (Å²) >= 11 is 0. The molecule has 4 aromatic rings. The van der Waals surface area contributed by atoms with E-state index in [9.17, 15) is 9.59 Å². The number of hydrogen-bond acceptors (Lipinski definition) is 2. The number of hydrogen-bond donors (Lipinski definition) is 0. The van der Waals surface area contributed by atoms with Gasteiger partial charge in [0.1, 0.15) is 0 Å². The second kappa shape index (κ2) is 6.10. The summed E-state index contributed by atoms with van der Waals surface area (Å²) in [4.78, 5) is 28.5. The van der Waals surface area contributed by atoms with Gasteiger partial charge in [-0.25, -0.2) is 0 Å². The average Bonchev–Trinajstić information content (AvgIpc) is 3.14. The third kappa shape index (κ3) is 2.43. The normalized spacial score (nSPS) is 22.3. The zero-order valence-electron chi connectivity index (χ0n) is 18.1. The maximum absolute atomic E-state index is 13.6. The largest absolute Gasteiger partial charge is 0.349 e. The molecule has 1 aliphatic heterocycles. The van der Waals surface area contributed by atoms with Crippen LogP contribution in [0.2, 0.25) is 0 Å². The fourth-order valence-corrected chi connectivity index (χ4v) is 5.95. The van der Waals surface area contributed by atoms with E-state index >= 15 is 0 Å². The highest BCUT2D eigenvalue weighted by Gasteiger charge is 2.62. The van der Waals surface area contributed by atoms with Crippen LogP contribution in [0, 0.1) is 12.8 Å². The molecule has 1 saturated carbocycles. The van der Waals surface area contributed by atoms with Crippen LogP contribution >= 0.6 is 0 Å². The van der Waals surface area contributed by atoms with Crippen molar-refractivity contribution in [1.29, 1.82) is 0 Å². The number of rotatable bonds is 2. The van der Waals surface area contributed by atoms with Crippen molar-refractivity contribution in [2.24, 2.45) is 20.0 Å². The Morgan fingerprint density at radius 1 is 1.03 bits per heavy atom. The van der Waals surface area contributed by atoms with Gasteiger partial charge in [0.05, 0.1) is 16.5 Å². The first-order valence-electron chi connectivity index (χ1n) is 10.8. The zero-order valence-corrected chi connectivity index (χ0v) is 18.1. The molecule has 2 atom stereocenters. The highest BCUT2D eigenvalue weighted by atomic mass is 16.2. The minimum atomic E-state index is -0.113. The van der Waals surface area contributed by atoms with Crippen molar-refractivity contribution < 1.29 is 4.79 Å². The molecule has 1 aliphatic carbocycles. The minimum Gasteiger partial charge on any atom is -0.349 e. The lowest BCUT2D eigenvalue weighted by Gasteiger charge is -2.22. The first-order chi connectivity index (χ1) is 14.9. The molecule has 5 nitrogen and oxygen atoms in total. The van der Waals surface area contributed by atoms with Gasteiger partial charge in [0, 0.05) is 45.0 Å². The van der Waals surface area contributed by atoms with Crippen molar-refractivity contribution >= 4 is 27.6 Å². The molecule has 2 aliphatic rings. The van der Waals surface area contributed by atoms with Crippen LogP contribution in [0.1, 0.15) is 27.9 Å². The maximum Gasteiger partial charge on any atom is 0.260 e. The van der Waals surface area contributed by atoms with Gasteiger partial charge in [-0.15, -0.1) is 0 Å². The van der Waals surface area contributed by atoms with E-state index in [2.05, 4.69) is 42.5 Å². The number of carbonyl (C=O) groups excluding carboxylic acids is 1. The van der Waals surface area contributed by atoms with E-state index in [1.807, 2.05) is 35.8 Å². The Hall–Kier alpha value is -3.34. The first kappa shape index (κ1) is 18.4. The molecule has 0 N–H and O–H groups in total. The Morgan fingerprint density at radius 2 is 1.81 bits per heavy atom. The van der Waals surface area contributed by atoms with Crippen LogP contribution in [-0.2, 0) is 19.5 Å². The van der Waals surface area contributed by atoms with E-state index in [1.165, 1.54) is 16.3 Å². The summed E-state index contributed by atoms with van der Waals surface area (Å²) in [5.41, 5.74) is 3.65. The van der Waals surface area contributed by atoms with E-state index in [0.717, 1.165) is 24.0 Å². The van der Waals surface area contributed by atoms with E-state index < -0.39 is 0 Å². The highest BCUT2D eigenvalue weighted by Crippen LogP contribution is 2.60. The zero-order chi connectivity index (χ0) is 21.5. The number of aromatic nitrogens is 2. The molecule has 0 bridgehead atoms. The molecule has 156 valence electrons. The number of aryl methyl sites for hydroxylation is 3. The number of nitrogens with zero attached hydrogens (tertiary/aromatic N) is 3. The number of likely N-dealkylation sites (tertiary alicyclic amines) is 1. The average molecular weight is 412 g/mol. The Labute approximate surface area is 180 Å². The number of fused-ring (bicyclic) bond motifs is 3. The van der Waals surface area contributed by atoms with Crippen LogP contribution in [0.3, 0.4) is 0 Å². The summed E-state index contributed by atoms with van der Waals surface area (Å²) in [6.45, 7) is 3.45. The summed E-state index contributed by atoms with van der Waals surface area (Å²) < 4.78 is 3.49. The fraction of sp³-hybridized carbons (Fsp3) is 0.308. The van der Waals surface area contributed by atoms with Gasteiger partial charge in [-0.1, -0.05) is 42.5 Å². The summed E-state index contributed by atoms with van der Waals surface area (Å²) in [6, 6.07) is 15.0. The lowest BCUT2D eigenvalue weighted by Crippen LogP contribution is -2.33. The van der Waals surface area contributed by atoms with E-state index in [4.69, 9.17) is 0 Å². The molecule has 2 unspecified atom stereocenters. The molecular weight excluding hydrogens is 386 g/mol. The third-order valence-electron chi connectivity index (χ3n) is 7.47. The first-order valence-corrected chi connectivity index (χ1v) is 10.8. The van der Waals surface area contributed by atoms with Gasteiger partial charge >= 0.3 is 0 Å². The lowest BCUT2D eigenvalue weighted by atomic mass is 9.90. The quantitative estimate of drug-likeness (QED) is 0.504. The third-order valence-corrected chi connectivity index (χ3v) is 7.47. The molecule has 1 saturated heterocycles. The molecular formula is C26H25N3O2. The van der Waals surface area contributed by atoms with Gasteiger partial charge in [0.25, 0.3) is 11.5 Å². The molecule has 31 heavy (non-hydrogen) atoms. The Bertz CT molecular complexity index is 1460. The van der Waals surface area contributed by atoms with Crippen LogP contribution in [0.25, 0.3) is 21.7 Å². The molecule has 1 amide bonds. The highest BCUT2D eigenvalue weighted by molar-refractivity contribution is 6.07. The van der Waals surface area contributed by atoms with Crippen LogP contribution < -0.4 is 5.56 Å². The Morgan fingerprint density at radius 3 is 2.65 bits per heavy atom. The van der Waals surface area contributed by atoms with E-state index in [0.29, 0.717) is 23.4 Å². The van der Waals surface area contributed by atoms with E-state index in [-0.39, 0.29) is 16.9 Å². The number of piperidine rings is 1. The molecule has 2 aromatic heterocycles. The van der Waals surface area contributed by atoms with Crippen LogP contribution in [0.5, 0.6) is 0 Å². The van der Waals surface area contributed by atoms with Gasteiger partial charge in [0.15, 0.2) is 0 Å². The number of carbonyl (C=O) groups is 1. The molecule has 5 heteroatoms. The van der Waals surface area contributed by atoms with Crippen molar-refractivity contribution in [3.05, 3.63) is 81.9 Å². The lowest BCUT2D eigenvalue weighted by molar-refractivity contribution is 0.0774. The van der Waals surface area contributed by atoms with Crippen molar-refractivity contribution in [3.8, 4) is 0 Å². The predicted octanol–water partition coefficient (Wildman–Crippen LogP) is 3.75. The minimum absolute atomic E-state index is 0.0277. The Balaban J connectivity index is 1.41. The summed E-state index contributed by atoms with van der Waals surface area (Å²) in [7, 11) is 3.65. The van der Waals surface area contributed by atoms with Crippen molar-refractivity contribution in [2.75, 3.05) is 13.1 Å². The van der Waals surface area contributed by atoms with Crippen LogP contribution in [0.4, 0.5) is 0 Å². The van der Waals surface area contributed by atoms with Gasteiger partial charge in [0.2, 0.25) is 0 Å². The summed E-state index contributed by atoms with van der Waals surface area (Å²) in [5, 5.41) is 3.07. The van der Waals surface area contributed by atoms with Crippen molar-refractivity contribution in [3.63, 3.8) is 0 Å². The molecule has 2 aromatic carbocycles. The predicted molar refractivity (Wildman–Crippen MR) is 123 cm³/mol. The number of amides is 1. The molecule has 0 radical (unpaired) electrons. The topological polar surface area (TPSA) is 47.2 Å². The smallest absolute Gasteiger partial charge is 0.260 e. The summed E-state index contributed by atoms with van der Waals surface area (Å²) in [6.07, 6.45) is 4.79. The molecule has 3 heterocycles. The van der Waals surface area contributed by atoms with Crippen LogP contribution in [0.15, 0.2) is 59.7 Å². The standard InChI is InChI=1S/C26H25N3O2/c1-16-12-28(3)25(31)22-20(14-27(2)23(16)22)24(30)29-13-18-11-26(18,15-29)21-10-6-8-17-7-4-5-9-19(17)21/h4-10,12,14,18H,11,13,15H2,1-3H3. The molecule has 0 spiro atoms. The van der Waals surface area contributed by atoms with E-state index in [1.54, 1.807) is 11.6 Å². The molecule has 2 fully saturated rings. The van der Waals surface area contributed by atoms with Gasteiger partial charge in [-0.05, 0) is 41.2 Å².